The van der Waals surface area contributed by atoms with Crippen molar-refractivity contribution in [3.63, 3.8) is 0 Å². The Morgan fingerprint density at radius 3 is 2.85 bits per heavy atom. The fourth-order valence-corrected chi connectivity index (χ4v) is 3.27. The first-order valence-corrected chi connectivity index (χ1v) is 7.65. The first kappa shape index (κ1) is 15.3. The molecule has 0 saturated heterocycles. The molecule has 20 heavy (non-hydrogen) atoms. The topological polar surface area (TPSA) is 55.2 Å². The summed E-state index contributed by atoms with van der Waals surface area (Å²) in [5, 5.41) is 15.1. The summed E-state index contributed by atoms with van der Waals surface area (Å²) in [5.74, 6) is 0.682. The number of hydrogen-bond donors (Lipinski definition) is 1. The van der Waals surface area contributed by atoms with Crippen molar-refractivity contribution in [2.75, 3.05) is 0 Å². The van der Waals surface area contributed by atoms with E-state index >= 15 is 0 Å². The Morgan fingerprint density at radius 2 is 2.15 bits per heavy atom. The largest absolute Gasteiger partial charge is 0.309 e. The second kappa shape index (κ2) is 7.04. The highest BCUT2D eigenvalue weighted by molar-refractivity contribution is 6.30. The second-order valence-electron chi connectivity index (χ2n) is 5.47. The molecule has 1 N–H and O–H groups in total. The highest BCUT2D eigenvalue weighted by Crippen LogP contribution is 2.28. The van der Waals surface area contributed by atoms with E-state index in [-0.39, 0.29) is 10.6 Å². The van der Waals surface area contributed by atoms with Gasteiger partial charge in [0.1, 0.15) is 0 Å². The zero-order valence-corrected chi connectivity index (χ0v) is 12.5. The molecule has 110 valence electrons. The van der Waals surface area contributed by atoms with Crippen LogP contribution in [0.25, 0.3) is 0 Å². The van der Waals surface area contributed by atoms with Gasteiger partial charge in [0.2, 0.25) is 0 Å². The summed E-state index contributed by atoms with van der Waals surface area (Å²) in [6.45, 7) is 2.73. The van der Waals surface area contributed by atoms with Gasteiger partial charge in [-0.15, -0.1) is 0 Å². The van der Waals surface area contributed by atoms with Gasteiger partial charge in [-0.1, -0.05) is 37.8 Å². The van der Waals surface area contributed by atoms with Crippen molar-refractivity contribution in [2.24, 2.45) is 5.92 Å². The molecule has 0 radical (unpaired) electrons. The first-order valence-electron chi connectivity index (χ1n) is 7.28. The average Bonchev–Trinajstić information content (AvgIpc) is 2.45. The molecule has 2 unspecified atom stereocenters. The monoisotopic (exact) mass is 296 g/mol. The van der Waals surface area contributed by atoms with Crippen LogP contribution in [0.1, 0.15) is 44.6 Å². The highest BCUT2D eigenvalue weighted by atomic mass is 35.5. The molecule has 1 fully saturated rings. The molecule has 2 rings (SSSR count). The SMILES string of the molecule is CCC1CCCCC1NCc1cc(Cl)ccc1[N+](=O)[O-]. The molecule has 1 aromatic rings. The van der Waals surface area contributed by atoms with Crippen LogP contribution < -0.4 is 5.32 Å². The Hall–Kier alpha value is -1.13. The Labute approximate surface area is 124 Å². The molecule has 4 nitrogen and oxygen atoms in total. The van der Waals surface area contributed by atoms with E-state index < -0.39 is 0 Å². The third-order valence-electron chi connectivity index (χ3n) is 4.23. The molecule has 1 aromatic carbocycles. The average molecular weight is 297 g/mol. The summed E-state index contributed by atoms with van der Waals surface area (Å²) in [4.78, 5) is 10.7. The van der Waals surface area contributed by atoms with Crippen LogP contribution in [0.4, 0.5) is 5.69 Å². The maximum Gasteiger partial charge on any atom is 0.273 e. The standard InChI is InChI=1S/C15H21ClN2O2/c1-2-11-5-3-4-6-14(11)17-10-12-9-13(16)7-8-15(12)18(19)20/h7-9,11,14,17H,2-6,10H2,1H3. The maximum atomic E-state index is 11.0. The van der Waals surface area contributed by atoms with E-state index in [0.29, 0.717) is 29.1 Å². The summed E-state index contributed by atoms with van der Waals surface area (Å²) in [6.07, 6.45) is 6.12. The van der Waals surface area contributed by atoms with Crippen molar-refractivity contribution in [1.82, 2.24) is 5.32 Å². The number of hydrogen-bond acceptors (Lipinski definition) is 3. The predicted molar refractivity (Wildman–Crippen MR) is 81.0 cm³/mol. The molecule has 1 aliphatic carbocycles. The van der Waals surface area contributed by atoms with Crippen LogP contribution >= 0.6 is 11.6 Å². The fraction of sp³-hybridized carbons (Fsp3) is 0.600. The molecular weight excluding hydrogens is 276 g/mol. The highest BCUT2D eigenvalue weighted by Gasteiger charge is 2.24. The van der Waals surface area contributed by atoms with E-state index in [1.54, 1.807) is 12.1 Å². The zero-order valence-electron chi connectivity index (χ0n) is 11.8. The normalized spacial score (nSPS) is 22.7. The lowest BCUT2D eigenvalue weighted by atomic mass is 9.83. The van der Waals surface area contributed by atoms with Gasteiger partial charge in [-0.3, -0.25) is 10.1 Å². The number of nitro benzene ring substituents is 1. The lowest BCUT2D eigenvalue weighted by molar-refractivity contribution is -0.385. The molecule has 0 aromatic heterocycles. The molecule has 0 amide bonds. The molecule has 1 saturated carbocycles. The minimum Gasteiger partial charge on any atom is -0.309 e. The number of nitro groups is 1. The summed E-state index contributed by atoms with van der Waals surface area (Å²) in [5.41, 5.74) is 0.814. The molecule has 0 bridgehead atoms. The van der Waals surface area contributed by atoms with Gasteiger partial charge < -0.3 is 5.32 Å². The fourth-order valence-electron chi connectivity index (χ4n) is 3.08. The quantitative estimate of drug-likeness (QED) is 0.651. The van der Waals surface area contributed by atoms with Crippen LogP contribution in [-0.2, 0) is 6.54 Å². The van der Waals surface area contributed by atoms with Crippen molar-refractivity contribution in [2.45, 2.75) is 51.6 Å². The third-order valence-corrected chi connectivity index (χ3v) is 4.46. The summed E-state index contributed by atoms with van der Waals surface area (Å²) in [6, 6.07) is 5.21. The molecule has 0 spiro atoms. The number of rotatable bonds is 5. The van der Waals surface area contributed by atoms with E-state index in [2.05, 4.69) is 12.2 Å². The Balaban J connectivity index is 2.06. The van der Waals surface area contributed by atoms with Crippen LogP contribution in [0.15, 0.2) is 18.2 Å². The minimum absolute atomic E-state index is 0.144. The van der Waals surface area contributed by atoms with E-state index in [0.717, 1.165) is 12.8 Å². The van der Waals surface area contributed by atoms with Crippen LogP contribution in [0.5, 0.6) is 0 Å². The van der Waals surface area contributed by atoms with E-state index in [4.69, 9.17) is 11.6 Å². The minimum atomic E-state index is -0.342. The summed E-state index contributed by atoms with van der Waals surface area (Å²) < 4.78 is 0. The first-order chi connectivity index (χ1) is 9.61. The van der Waals surface area contributed by atoms with Gasteiger partial charge in [0, 0.05) is 29.2 Å². The van der Waals surface area contributed by atoms with E-state index in [1.807, 2.05) is 0 Å². The molecule has 0 aliphatic heterocycles. The third kappa shape index (κ3) is 3.70. The van der Waals surface area contributed by atoms with Gasteiger partial charge >= 0.3 is 0 Å². The summed E-state index contributed by atoms with van der Waals surface area (Å²) in [7, 11) is 0. The van der Waals surface area contributed by atoms with Gasteiger partial charge in [-0.2, -0.15) is 0 Å². The maximum absolute atomic E-state index is 11.0. The number of halogens is 1. The lowest BCUT2D eigenvalue weighted by Crippen LogP contribution is -2.37. The van der Waals surface area contributed by atoms with Gasteiger partial charge in [0.15, 0.2) is 0 Å². The molecule has 1 aliphatic rings. The van der Waals surface area contributed by atoms with Crippen molar-refractivity contribution >= 4 is 17.3 Å². The van der Waals surface area contributed by atoms with Crippen LogP contribution in [0, 0.1) is 16.0 Å². The molecular formula is C15H21ClN2O2. The lowest BCUT2D eigenvalue weighted by Gasteiger charge is -2.31. The van der Waals surface area contributed by atoms with Gasteiger partial charge in [0.05, 0.1) is 4.92 Å². The molecule has 2 atom stereocenters. The van der Waals surface area contributed by atoms with Gasteiger partial charge in [-0.05, 0) is 30.9 Å². The van der Waals surface area contributed by atoms with Gasteiger partial charge in [0.25, 0.3) is 5.69 Å². The Morgan fingerprint density at radius 1 is 1.40 bits per heavy atom. The smallest absolute Gasteiger partial charge is 0.273 e. The molecule has 5 heteroatoms. The second-order valence-corrected chi connectivity index (χ2v) is 5.91. The van der Waals surface area contributed by atoms with Crippen molar-refractivity contribution < 1.29 is 4.92 Å². The van der Waals surface area contributed by atoms with Gasteiger partial charge in [-0.25, -0.2) is 0 Å². The van der Waals surface area contributed by atoms with E-state index in [9.17, 15) is 10.1 Å². The summed E-state index contributed by atoms with van der Waals surface area (Å²) >= 11 is 5.95. The predicted octanol–water partition coefficient (Wildman–Crippen LogP) is 4.31. The number of benzene rings is 1. The van der Waals surface area contributed by atoms with Crippen molar-refractivity contribution in [3.05, 3.63) is 38.9 Å². The zero-order chi connectivity index (χ0) is 14.5. The Bertz CT molecular complexity index is 479. The van der Waals surface area contributed by atoms with Crippen molar-refractivity contribution in [1.29, 1.82) is 0 Å². The van der Waals surface area contributed by atoms with E-state index in [1.165, 1.54) is 25.3 Å². The van der Waals surface area contributed by atoms with Crippen LogP contribution in [0.2, 0.25) is 5.02 Å². The number of nitrogens with zero attached hydrogens (tertiary/aromatic N) is 1. The Kier molecular flexibility index (Phi) is 5.38. The van der Waals surface area contributed by atoms with Crippen molar-refractivity contribution in [3.8, 4) is 0 Å². The van der Waals surface area contributed by atoms with Crippen LogP contribution in [0.3, 0.4) is 0 Å². The number of nitrogens with one attached hydrogen (secondary N) is 1. The van der Waals surface area contributed by atoms with Crippen LogP contribution in [-0.4, -0.2) is 11.0 Å². The molecule has 0 heterocycles.